The molecule has 1 aliphatic rings. The molecule has 0 unspecified atom stereocenters. The number of nitrogens with zero attached hydrogens (tertiary/aromatic N) is 1. The lowest BCUT2D eigenvalue weighted by molar-refractivity contribution is -0.128. The average Bonchev–Trinajstić information content (AvgIpc) is 3.24. The Hall–Kier alpha value is -3.36. The topological polar surface area (TPSA) is 125 Å². The van der Waals surface area contributed by atoms with Crippen LogP contribution in [-0.2, 0) is 9.59 Å². The van der Waals surface area contributed by atoms with Crippen LogP contribution in [0.1, 0.15) is 50.0 Å². The van der Waals surface area contributed by atoms with Gasteiger partial charge in [0.05, 0.1) is 13.2 Å². The molecule has 9 nitrogen and oxygen atoms in total. The molecule has 1 fully saturated rings. The third-order valence-electron chi connectivity index (χ3n) is 6.01. The number of nitrogens with one attached hydrogen (secondary N) is 4. The van der Waals surface area contributed by atoms with Gasteiger partial charge in [-0.3, -0.25) is 19.4 Å². The van der Waals surface area contributed by atoms with Gasteiger partial charge in [-0.2, -0.15) is 0 Å². The van der Waals surface area contributed by atoms with Crippen molar-refractivity contribution in [3.05, 3.63) is 30.0 Å². The van der Waals surface area contributed by atoms with Gasteiger partial charge in [0.15, 0.2) is 0 Å². The van der Waals surface area contributed by atoms with Gasteiger partial charge in [0.2, 0.25) is 11.8 Å². The van der Waals surface area contributed by atoms with E-state index >= 15 is 0 Å². The van der Waals surface area contributed by atoms with Crippen molar-refractivity contribution in [2.24, 2.45) is 16.8 Å². The highest BCUT2D eigenvalue weighted by molar-refractivity contribution is 6.01. The fraction of sp³-hybridized carbons (Fsp3) is 0.520. The summed E-state index contributed by atoms with van der Waals surface area (Å²) < 4.78 is 5.37. The summed E-state index contributed by atoms with van der Waals surface area (Å²) in [5, 5.41) is 9.53. The second-order valence-electron chi connectivity index (χ2n) is 9.15. The minimum atomic E-state index is -0.728. The first-order valence-corrected chi connectivity index (χ1v) is 11.8. The Morgan fingerprint density at radius 3 is 2.76 bits per heavy atom. The van der Waals surface area contributed by atoms with Crippen molar-refractivity contribution in [2.45, 2.75) is 51.6 Å². The van der Waals surface area contributed by atoms with Gasteiger partial charge < -0.3 is 25.7 Å². The maximum Gasteiger partial charge on any atom is 0.268 e. The van der Waals surface area contributed by atoms with E-state index in [1.165, 1.54) is 0 Å². The molecule has 9 heteroatoms. The second kappa shape index (κ2) is 11.7. The minimum absolute atomic E-state index is 0.0104. The van der Waals surface area contributed by atoms with E-state index in [0.717, 1.165) is 23.7 Å². The second-order valence-corrected chi connectivity index (χ2v) is 9.15. The van der Waals surface area contributed by atoms with Crippen LogP contribution in [0.15, 0.2) is 29.3 Å². The van der Waals surface area contributed by atoms with Gasteiger partial charge >= 0.3 is 0 Å². The Morgan fingerprint density at radius 2 is 2.09 bits per heavy atom. The molecule has 4 N–H and O–H groups in total. The Balaban J connectivity index is 1.72. The van der Waals surface area contributed by atoms with Crippen molar-refractivity contribution in [1.29, 1.82) is 0 Å². The lowest BCUT2D eigenvalue weighted by Gasteiger charge is -2.27. The number of ether oxygens (including phenoxy) is 1. The molecule has 1 saturated heterocycles. The van der Waals surface area contributed by atoms with Crippen LogP contribution < -0.4 is 20.7 Å². The van der Waals surface area contributed by atoms with Crippen molar-refractivity contribution >= 4 is 34.8 Å². The van der Waals surface area contributed by atoms with Crippen LogP contribution in [0.5, 0.6) is 5.75 Å². The molecule has 0 spiro atoms. The number of aromatic amines is 1. The lowest BCUT2D eigenvalue weighted by atomic mass is 9.91. The number of hydrogen-bond donors (Lipinski definition) is 4. The van der Waals surface area contributed by atoms with E-state index in [-0.39, 0.29) is 29.6 Å². The monoisotopic (exact) mass is 469 g/mol. The van der Waals surface area contributed by atoms with E-state index in [1.54, 1.807) is 26.4 Å². The zero-order valence-electron chi connectivity index (χ0n) is 20.3. The Labute approximate surface area is 200 Å². The average molecular weight is 470 g/mol. The van der Waals surface area contributed by atoms with E-state index in [9.17, 15) is 14.4 Å². The highest BCUT2D eigenvalue weighted by Gasteiger charge is 2.29. The zero-order valence-corrected chi connectivity index (χ0v) is 20.3. The number of methoxy groups -OCH3 is 1. The van der Waals surface area contributed by atoms with Gasteiger partial charge in [-0.1, -0.05) is 19.9 Å². The van der Waals surface area contributed by atoms with E-state index in [1.807, 2.05) is 32.0 Å². The van der Waals surface area contributed by atoms with Crippen LogP contribution >= 0.6 is 0 Å². The fourth-order valence-corrected chi connectivity index (χ4v) is 4.35. The largest absolute Gasteiger partial charge is 0.496 e. The molecule has 2 aromatic rings. The minimum Gasteiger partial charge on any atom is -0.496 e. The highest BCUT2D eigenvalue weighted by atomic mass is 16.5. The van der Waals surface area contributed by atoms with E-state index in [0.29, 0.717) is 30.8 Å². The van der Waals surface area contributed by atoms with Crippen LogP contribution in [0.2, 0.25) is 0 Å². The number of piperidine rings is 1. The van der Waals surface area contributed by atoms with Crippen LogP contribution in [0, 0.1) is 11.8 Å². The number of fused-ring (bicyclic) bond motifs is 1. The molecule has 34 heavy (non-hydrogen) atoms. The Kier molecular flexibility index (Phi) is 8.67. The molecule has 0 radical (unpaired) electrons. The number of hydrogen-bond acceptors (Lipinski definition) is 5. The first kappa shape index (κ1) is 25.3. The molecule has 0 bridgehead atoms. The maximum absolute atomic E-state index is 13.2. The normalized spacial score (nSPS) is 18.0. The third kappa shape index (κ3) is 6.36. The highest BCUT2D eigenvalue weighted by Crippen LogP contribution is 2.26. The summed E-state index contributed by atoms with van der Waals surface area (Å²) in [6.45, 7) is 4.69. The van der Waals surface area contributed by atoms with Gasteiger partial charge in [-0.05, 0) is 49.8 Å². The van der Waals surface area contributed by atoms with E-state index < -0.39 is 12.1 Å². The predicted octanol–water partition coefficient (Wildman–Crippen LogP) is 2.42. The van der Waals surface area contributed by atoms with E-state index in [4.69, 9.17) is 4.74 Å². The molecular formula is C25H35N5O4. The zero-order chi connectivity index (χ0) is 24.7. The quantitative estimate of drug-likeness (QED) is 0.399. The summed E-state index contributed by atoms with van der Waals surface area (Å²) in [6, 6.07) is 6.14. The maximum atomic E-state index is 13.2. The summed E-state index contributed by atoms with van der Waals surface area (Å²) in [4.78, 5) is 45.6. The van der Waals surface area contributed by atoms with Crippen molar-refractivity contribution in [1.82, 2.24) is 20.9 Å². The first-order valence-electron chi connectivity index (χ1n) is 11.8. The molecule has 3 atom stereocenters. The summed E-state index contributed by atoms with van der Waals surface area (Å²) in [5.41, 5.74) is 1.13. The fourth-order valence-electron chi connectivity index (χ4n) is 4.35. The SMILES string of the molecule is CN=C[C@H](C[C@@H]1CCCNC1=O)NC(=O)[C@H](CC(C)C)NC(=O)c1cc2c(OC)cccc2[nH]1. The number of aliphatic imine (C=N–C) groups is 1. The molecule has 3 rings (SSSR count). The van der Waals surface area contributed by atoms with Crippen molar-refractivity contribution in [2.75, 3.05) is 20.7 Å². The number of rotatable bonds is 10. The number of H-pyrrole nitrogens is 1. The lowest BCUT2D eigenvalue weighted by Crippen LogP contribution is -2.51. The Morgan fingerprint density at radius 1 is 1.29 bits per heavy atom. The van der Waals surface area contributed by atoms with Gasteiger partial charge in [-0.25, -0.2) is 0 Å². The van der Waals surface area contributed by atoms with Crippen LogP contribution in [-0.4, -0.2) is 61.7 Å². The third-order valence-corrected chi connectivity index (χ3v) is 6.01. The molecular weight excluding hydrogens is 434 g/mol. The van der Waals surface area contributed by atoms with Crippen LogP contribution in [0.3, 0.4) is 0 Å². The number of amides is 3. The molecule has 184 valence electrons. The standard InChI is InChI=1S/C25H35N5O4/c1-15(2)11-20(24(32)28-17(14-26-3)12-16-7-6-10-27-23(16)31)30-25(33)21-13-18-19(29-21)8-5-9-22(18)34-4/h5,8-9,13-17,20,29H,6-7,10-12H2,1-4H3,(H,27,31)(H,28,32)(H,30,33)/t16-,17-,20-/m0/s1. The molecule has 3 amide bonds. The Bertz CT molecular complexity index is 1050. The molecule has 0 aliphatic carbocycles. The van der Waals surface area contributed by atoms with Gasteiger partial charge in [0.1, 0.15) is 17.5 Å². The summed E-state index contributed by atoms with van der Waals surface area (Å²) in [6.07, 6.45) is 4.30. The van der Waals surface area contributed by atoms with Crippen LogP contribution in [0.25, 0.3) is 10.9 Å². The number of benzene rings is 1. The smallest absolute Gasteiger partial charge is 0.268 e. The summed E-state index contributed by atoms with van der Waals surface area (Å²) >= 11 is 0. The van der Waals surface area contributed by atoms with Gasteiger partial charge in [0.25, 0.3) is 5.91 Å². The van der Waals surface area contributed by atoms with E-state index in [2.05, 4.69) is 25.9 Å². The molecule has 1 aromatic heterocycles. The van der Waals surface area contributed by atoms with Crippen LogP contribution in [0.4, 0.5) is 0 Å². The van der Waals surface area contributed by atoms with Gasteiger partial charge in [0, 0.05) is 36.6 Å². The van der Waals surface area contributed by atoms with Gasteiger partial charge in [-0.15, -0.1) is 0 Å². The van der Waals surface area contributed by atoms with Crippen molar-refractivity contribution in [3.8, 4) is 5.75 Å². The summed E-state index contributed by atoms with van der Waals surface area (Å²) in [5.74, 6) is 0.0232. The van der Waals surface area contributed by atoms with Crippen molar-refractivity contribution < 1.29 is 19.1 Å². The van der Waals surface area contributed by atoms with Crippen molar-refractivity contribution in [3.63, 3.8) is 0 Å². The first-order chi connectivity index (χ1) is 16.3. The molecule has 0 saturated carbocycles. The number of carbonyl (C=O) groups is 3. The molecule has 1 aromatic carbocycles. The number of carbonyl (C=O) groups excluding carboxylic acids is 3. The molecule has 1 aliphatic heterocycles. The predicted molar refractivity (Wildman–Crippen MR) is 132 cm³/mol. The number of aromatic nitrogens is 1. The summed E-state index contributed by atoms with van der Waals surface area (Å²) in [7, 11) is 3.22. The molecule has 2 heterocycles.